The topological polar surface area (TPSA) is 65.7 Å². The van der Waals surface area contributed by atoms with Gasteiger partial charge in [0, 0.05) is 24.9 Å². The zero-order valence-electron chi connectivity index (χ0n) is 20.3. The minimum absolute atomic E-state index is 0.0567. The standard InChI is InChI=1S/C27H23Br3IN3O3/c1-4-15(2)26-33-23-8-7-18(28)11-20(23)27(35)34(26)32-13-16-9-22(31)25(24(10-16)36-3)37-14-17-5-6-19(29)12-21(17)30/h5-13,15H,4,14H2,1-3H3/t15-/m1/s1. The molecule has 1 atom stereocenters. The second kappa shape index (κ2) is 12.4. The Hall–Kier alpha value is -1.76. The van der Waals surface area contributed by atoms with Crippen molar-refractivity contribution in [2.45, 2.75) is 32.8 Å². The Labute approximate surface area is 254 Å². The summed E-state index contributed by atoms with van der Waals surface area (Å²) < 4.78 is 16.8. The molecule has 4 aromatic rings. The van der Waals surface area contributed by atoms with Gasteiger partial charge in [-0.1, -0.05) is 67.7 Å². The molecule has 37 heavy (non-hydrogen) atoms. The largest absolute Gasteiger partial charge is 0.493 e. The molecule has 0 unspecified atom stereocenters. The quantitative estimate of drug-likeness (QED) is 0.133. The Morgan fingerprint density at radius 2 is 1.84 bits per heavy atom. The summed E-state index contributed by atoms with van der Waals surface area (Å²) in [6, 6.07) is 15.2. The number of hydrogen-bond donors (Lipinski definition) is 0. The van der Waals surface area contributed by atoms with Crippen molar-refractivity contribution >= 4 is 87.5 Å². The zero-order valence-corrected chi connectivity index (χ0v) is 27.2. The first-order valence-electron chi connectivity index (χ1n) is 11.4. The number of ether oxygens (including phenoxy) is 2. The first kappa shape index (κ1) is 28.3. The van der Waals surface area contributed by atoms with Crippen LogP contribution >= 0.6 is 70.4 Å². The van der Waals surface area contributed by atoms with Crippen molar-refractivity contribution in [3.8, 4) is 11.5 Å². The van der Waals surface area contributed by atoms with Gasteiger partial charge in [0.15, 0.2) is 11.5 Å². The molecule has 0 aliphatic heterocycles. The normalized spacial score (nSPS) is 12.3. The molecule has 0 amide bonds. The van der Waals surface area contributed by atoms with Gasteiger partial charge < -0.3 is 9.47 Å². The lowest BCUT2D eigenvalue weighted by atomic mass is 10.1. The van der Waals surface area contributed by atoms with Gasteiger partial charge in [0.2, 0.25) is 0 Å². The molecule has 1 aromatic heterocycles. The van der Waals surface area contributed by atoms with E-state index >= 15 is 0 Å². The number of hydrogen-bond acceptors (Lipinski definition) is 5. The smallest absolute Gasteiger partial charge is 0.282 e. The highest BCUT2D eigenvalue weighted by Crippen LogP contribution is 2.35. The van der Waals surface area contributed by atoms with Crippen LogP contribution in [0.1, 0.15) is 43.1 Å². The van der Waals surface area contributed by atoms with Crippen LogP contribution in [0.5, 0.6) is 11.5 Å². The molecular formula is C27H23Br3IN3O3. The molecule has 0 saturated carbocycles. The summed E-state index contributed by atoms with van der Waals surface area (Å²) in [4.78, 5) is 18.2. The summed E-state index contributed by atoms with van der Waals surface area (Å²) in [6.45, 7) is 4.48. The Morgan fingerprint density at radius 3 is 2.54 bits per heavy atom. The summed E-state index contributed by atoms with van der Waals surface area (Å²) in [5.74, 6) is 1.91. The van der Waals surface area contributed by atoms with Gasteiger partial charge in [-0.05, 0) is 77.0 Å². The fourth-order valence-corrected chi connectivity index (χ4v) is 5.95. The van der Waals surface area contributed by atoms with Crippen LogP contribution in [-0.2, 0) is 6.61 Å². The van der Waals surface area contributed by atoms with E-state index in [4.69, 9.17) is 14.5 Å². The highest BCUT2D eigenvalue weighted by atomic mass is 127. The lowest BCUT2D eigenvalue weighted by molar-refractivity contribution is 0.281. The van der Waals surface area contributed by atoms with Crippen LogP contribution in [0.2, 0.25) is 0 Å². The van der Waals surface area contributed by atoms with E-state index in [1.807, 2.05) is 49.4 Å². The molecule has 4 rings (SSSR count). The molecule has 0 aliphatic carbocycles. The molecule has 6 nitrogen and oxygen atoms in total. The molecule has 0 spiro atoms. The van der Waals surface area contributed by atoms with Crippen molar-refractivity contribution in [1.29, 1.82) is 0 Å². The molecule has 0 aliphatic rings. The number of aromatic nitrogens is 2. The van der Waals surface area contributed by atoms with E-state index in [9.17, 15) is 4.79 Å². The maximum Gasteiger partial charge on any atom is 0.282 e. The van der Waals surface area contributed by atoms with Crippen LogP contribution < -0.4 is 15.0 Å². The van der Waals surface area contributed by atoms with Crippen LogP contribution in [0.25, 0.3) is 10.9 Å². The van der Waals surface area contributed by atoms with Crippen molar-refractivity contribution < 1.29 is 9.47 Å². The average Bonchev–Trinajstić information content (AvgIpc) is 2.87. The van der Waals surface area contributed by atoms with Crippen molar-refractivity contribution in [3.05, 3.63) is 92.8 Å². The Bertz CT molecular complexity index is 1560. The Morgan fingerprint density at radius 1 is 1.11 bits per heavy atom. The fraction of sp³-hybridized carbons (Fsp3) is 0.222. The molecule has 0 fully saturated rings. The lowest BCUT2D eigenvalue weighted by Gasteiger charge is -2.15. The average molecular weight is 804 g/mol. The highest BCUT2D eigenvalue weighted by Gasteiger charge is 2.16. The number of methoxy groups -OCH3 is 1. The molecule has 0 saturated heterocycles. The second-order valence-corrected chi connectivity index (χ2v) is 12.2. The van der Waals surface area contributed by atoms with E-state index in [1.165, 1.54) is 4.68 Å². The van der Waals surface area contributed by atoms with E-state index < -0.39 is 0 Å². The van der Waals surface area contributed by atoms with Crippen LogP contribution in [0.15, 0.2) is 71.8 Å². The van der Waals surface area contributed by atoms with Crippen molar-refractivity contribution in [2.24, 2.45) is 5.10 Å². The van der Waals surface area contributed by atoms with Gasteiger partial charge in [0.25, 0.3) is 5.56 Å². The number of benzene rings is 3. The van der Waals surface area contributed by atoms with E-state index in [1.54, 1.807) is 19.4 Å². The number of nitrogens with zero attached hydrogens (tertiary/aromatic N) is 3. The predicted octanol–water partition coefficient (Wildman–Crippen LogP) is 8.27. The number of rotatable bonds is 8. The Balaban J connectivity index is 1.69. The minimum Gasteiger partial charge on any atom is -0.493 e. The van der Waals surface area contributed by atoms with Crippen LogP contribution in [0.4, 0.5) is 0 Å². The fourth-order valence-electron chi connectivity index (χ4n) is 3.65. The third-order valence-electron chi connectivity index (χ3n) is 5.85. The van der Waals surface area contributed by atoms with E-state index in [0.717, 1.165) is 34.5 Å². The van der Waals surface area contributed by atoms with Crippen molar-refractivity contribution in [3.63, 3.8) is 0 Å². The van der Waals surface area contributed by atoms with Crippen LogP contribution in [0, 0.1) is 3.57 Å². The summed E-state index contributed by atoms with van der Waals surface area (Å²) in [7, 11) is 1.60. The first-order valence-corrected chi connectivity index (χ1v) is 14.9. The number of fused-ring (bicyclic) bond motifs is 1. The summed E-state index contributed by atoms with van der Waals surface area (Å²) >= 11 is 12.7. The molecule has 0 bridgehead atoms. The van der Waals surface area contributed by atoms with E-state index in [2.05, 4.69) is 82.4 Å². The van der Waals surface area contributed by atoms with Gasteiger partial charge in [-0.2, -0.15) is 9.78 Å². The van der Waals surface area contributed by atoms with Gasteiger partial charge in [-0.25, -0.2) is 4.98 Å². The molecule has 0 radical (unpaired) electrons. The number of halogens is 4. The summed E-state index contributed by atoms with van der Waals surface area (Å²) in [6.07, 6.45) is 2.48. The Kier molecular flexibility index (Phi) is 9.47. The van der Waals surface area contributed by atoms with Gasteiger partial charge in [0.05, 0.1) is 27.8 Å². The molecule has 192 valence electrons. The molecule has 3 aromatic carbocycles. The van der Waals surface area contributed by atoms with Gasteiger partial charge >= 0.3 is 0 Å². The lowest BCUT2D eigenvalue weighted by Crippen LogP contribution is -2.23. The van der Waals surface area contributed by atoms with Crippen LogP contribution in [0.3, 0.4) is 0 Å². The monoisotopic (exact) mass is 801 g/mol. The van der Waals surface area contributed by atoms with Crippen molar-refractivity contribution in [1.82, 2.24) is 9.66 Å². The van der Waals surface area contributed by atoms with Gasteiger partial charge in [0.1, 0.15) is 12.4 Å². The predicted molar refractivity (Wildman–Crippen MR) is 167 cm³/mol. The first-order chi connectivity index (χ1) is 17.7. The van der Waals surface area contributed by atoms with Gasteiger partial charge in [-0.3, -0.25) is 4.79 Å². The molecule has 10 heteroatoms. The zero-order chi connectivity index (χ0) is 26.7. The van der Waals surface area contributed by atoms with E-state index in [-0.39, 0.29) is 11.5 Å². The van der Waals surface area contributed by atoms with Gasteiger partial charge in [-0.15, -0.1) is 0 Å². The van der Waals surface area contributed by atoms with Crippen LogP contribution in [-0.4, -0.2) is 23.0 Å². The highest BCUT2D eigenvalue weighted by molar-refractivity contribution is 14.1. The third kappa shape index (κ3) is 6.46. The van der Waals surface area contributed by atoms with E-state index in [0.29, 0.717) is 34.8 Å². The third-order valence-corrected chi connectivity index (χ3v) is 8.37. The maximum atomic E-state index is 13.4. The minimum atomic E-state index is -0.209. The maximum absolute atomic E-state index is 13.4. The molecule has 1 heterocycles. The second-order valence-electron chi connectivity index (χ2n) is 8.36. The molecule has 0 N–H and O–H groups in total. The summed E-state index contributed by atoms with van der Waals surface area (Å²) in [5.41, 5.74) is 2.23. The van der Waals surface area contributed by atoms with Crippen molar-refractivity contribution in [2.75, 3.05) is 7.11 Å². The SMILES string of the molecule is CC[C@@H](C)c1nc2ccc(Br)cc2c(=O)n1N=Cc1cc(I)c(OCc2ccc(Br)cc2Br)c(OC)c1. The summed E-state index contributed by atoms with van der Waals surface area (Å²) in [5, 5.41) is 5.08. The molecular weight excluding hydrogens is 781 g/mol.